The fourth-order valence-corrected chi connectivity index (χ4v) is 4.26. The van der Waals surface area contributed by atoms with Crippen molar-refractivity contribution >= 4 is 22.7 Å². The standard InChI is InChI=1S/C16H24N2S2/c1-6-7-17-14(15-8-10(2)12(4)19-15)9-16-18-11(3)13(5)20-16/h8,14,17H,6-7,9H2,1-5H3. The highest BCUT2D eigenvalue weighted by atomic mass is 32.1. The van der Waals surface area contributed by atoms with E-state index in [9.17, 15) is 0 Å². The lowest BCUT2D eigenvalue weighted by atomic mass is 10.1. The first-order chi connectivity index (χ1) is 9.51. The smallest absolute Gasteiger partial charge is 0.0950 e. The lowest BCUT2D eigenvalue weighted by molar-refractivity contribution is 0.535. The third-order valence-corrected chi connectivity index (χ3v) is 5.98. The molecule has 0 spiro atoms. The summed E-state index contributed by atoms with van der Waals surface area (Å²) in [5.74, 6) is 0. The van der Waals surface area contributed by atoms with Crippen molar-refractivity contribution in [2.75, 3.05) is 6.54 Å². The van der Waals surface area contributed by atoms with Gasteiger partial charge in [-0.1, -0.05) is 6.92 Å². The number of hydrogen-bond donors (Lipinski definition) is 1. The van der Waals surface area contributed by atoms with E-state index in [1.54, 1.807) is 0 Å². The third kappa shape index (κ3) is 3.68. The third-order valence-electron chi connectivity index (χ3n) is 3.62. The molecule has 0 aliphatic carbocycles. The SMILES string of the molecule is CCCNC(Cc1nc(C)c(C)s1)c1cc(C)c(C)s1. The van der Waals surface area contributed by atoms with Crippen LogP contribution in [0, 0.1) is 27.7 Å². The molecule has 2 nitrogen and oxygen atoms in total. The lowest BCUT2D eigenvalue weighted by Gasteiger charge is -2.15. The molecule has 1 N–H and O–H groups in total. The van der Waals surface area contributed by atoms with Gasteiger partial charge in [-0.3, -0.25) is 0 Å². The number of nitrogens with one attached hydrogen (secondary N) is 1. The summed E-state index contributed by atoms with van der Waals surface area (Å²) in [6.07, 6.45) is 2.16. The average molecular weight is 309 g/mol. The number of nitrogens with zero attached hydrogens (tertiary/aromatic N) is 1. The fraction of sp³-hybridized carbons (Fsp3) is 0.562. The first kappa shape index (κ1) is 15.7. The molecule has 0 saturated carbocycles. The van der Waals surface area contributed by atoms with E-state index in [2.05, 4.69) is 46.0 Å². The maximum Gasteiger partial charge on any atom is 0.0950 e. The highest BCUT2D eigenvalue weighted by molar-refractivity contribution is 7.12. The van der Waals surface area contributed by atoms with Gasteiger partial charge in [0.25, 0.3) is 0 Å². The predicted molar refractivity (Wildman–Crippen MR) is 90.1 cm³/mol. The number of hydrogen-bond acceptors (Lipinski definition) is 4. The van der Waals surface area contributed by atoms with Crippen molar-refractivity contribution in [2.24, 2.45) is 0 Å². The molecule has 0 bridgehead atoms. The van der Waals surface area contributed by atoms with Gasteiger partial charge in [-0.25, -0.2) is 4.98 Å². The number of thiazole rings is 1. The molecule has 2 rings (SSSR count). The van der Waals surface area contributed by atoms with E-state index >= 15 is 0 Å². The van der Waals surface area contributed by atoms with Crippen LogP contribution in [0.3, 0.4) is 0 Å². The average Bonchev–Trinajstić information content (AvgIpc) is 2.89. The Kier molecular flexibility index (Phi) is 5.35. The zero-order valence-electron chi connectivity index (χ0n) is 13.0. The number of aromatic nitrogens is 1. The molecule has 0 amide bonds. The van der Waals surface area contributed by atoms with Crippen LogP contribution in [0.25, 0.3) is 0 Å². The van der Waals surface area contributed by atoms with Crippen molar-refractivity contribution < 1.29 is 0 Å². The minimum Gasteiger partial charge on any atom is -0.309 e. The molecule has 0 aromatic carbocycles. The van der Waals surface area contributed by atoms with Crippen LogP contribution in [0.2, 0.25) is 0 Å². The summed E-state index contributed by atoms with van der Waals surface area (Å²) in [4.78, 5) is 8.91. The topological polar surface area (TPSA) is 24.9 Å². The van der Waals surface area contributed by atoms with E-state index in [1.165, 1.54) is 30.9 Å². The van der Waals surface area contributed by atoms with Crippen molar-refractivity contribution in [1.29, 1.82) is 0 Å². The fourth-order valence-electron chi connectivity index (χ4n) is 2.17. The van der Waals surface area contributed by atoms with Gasteiger partial charge in [-0.2, -0.15) is 0 Å². The Labute approximate surface area is 130 Å². The Bertz CT molecular complexity index is 530. The molecule has 20 heavy (non-hydrogen) atoms. The quantitative estimate of drug-likeness (QED) is 0.835. The molecular weight excluding hydrogens is 284 g/mol. The van der Waals surface area contributed by atoms with E-state index in [4.69, 9.17) is 4.98 Å². The van der Waals surface area contributed by atoms with E-state index in [-0.39, 0.29) is 0 Å². The van der Waals surface area contributed by atoms with Crippen molar-refractivity contribution in [2.45, 2.75) is 53.5 Å². The second-order valence-corrected chi connectivity index (χ2v) is 7.92. The summed E-state index contributed by atoms with van der Waals surface area (Å²) in [6, 6.07) is 2.73. The first-order valence-electron chi connectivity index (χ1n) is 7.24. The van der Waals surface area contributed by atoms with Crippen LogP contribution in [-0.4, -0.2) is 11.5 Å². The Morgan fingerprint density at radius 1 is 1.15 bits per heavy atom. The number of thiophene rings is 1. The zero-order valence-corrected chi connectivity index (χ0v) is 14.7. The molecule has 0 aliphatic heterocycles. The molecule has 1 unspecified atom stereocenters. The molecule has 0 fully saturated rings. The minimum atomic E-state index is 0.400. The molecular formula is C16H24N2S2. The highest BCUT2D eigenvalue weighted by Crippen LogP contribution is 2.30. The molecule has 2 aromatic heterocycles. The summed E-state index contributed by atoms with van der Waals surface area (Å²) < 4.78 is 0. The van der Waals surface area contributed by atoms with Crippen LogP contribution < -0.4 is 5.32 Å². The molecule has 0 aliphatic rings. The van der Waals surface area contributed by atoms with E-state index in [0.29, 0.717) is 6.04 Å². The second kappa shape index (κ2) is 6.83. The molecule has 0 radical (unpaired) electrons. The van der Waals surface area contributed by atoms with E-state index < -0.39 is 0 Å². The zero-order chi connectivity index (χ0) is 14.7. The molecule has 4 heteroatoms. The Morgan fingerprint density at radius 3 is 2.40 bits per heavy atom. The van der Waals surface area contributed by atoms with Gasteiger partial charge >= 0.3 is 0 Å². The lowest BCUT2D eigenvalue weighted by Crippen LogP contribution is -2.23. The van der Waals surface area contributed by atoms with Crippen LogP contribution >= 0.6 is 22.7 Å². The summed E-state index contributed by atoms with van der Waals surface area (Å²) in [5, 5.41) is 4.93. The van der Waals surface area contributed by atoms with E-state index in [1.807, 2.05) is 22.7 Å². The van der Waals surface area contributed by atoms with Gasteiger partial charge in [-0.15, -0.1) is 22.7 Å². The van der Waals surface area contributed by atoms with Crippen LogP contribution in [0.15, 0.2) is 6.07 Å². The number of aryl methyl sites for hydroxylation is 4. The maximum atomic E-state index is 4.70. The van der Waals surface area contributed by atoms with Crippen molar-refractivity contribution in [3.05, 3.63) is 37.0 Å². The van der Waals surface area contributed by atoms with Crippen molar-refractivity contribution in [3.63, 3.8) is 0 Å². The Hall–Kier alpha value is -0.710. The highest BCUT2D eigenvalue weighted by Gasteiger charge is 2.17. The van der Waals surface area contributed by atoms with Gasteiger partial charge in [0, 0.05) is 27.1 Å². The van der Waals surface area contributed by atoms with Gasteiger partial charge in [0.05, 0.1) is 10.7 Å². The van der Waals surface area contributed by atoms with Gasteiger partial charge < -0.3 is 5.32 Å². The van der Waals surface area contributed by atoms with Crippen LogP contribution in [0.4, 0.5) is 0 Å². The minimum absolute atomic E-state index is 0.400. The van der Waals surface area contributed by atoms with Gasteiger partial charge in [0.1, 0.15) is 0 Å². The molecule has 0 saturated heterocycles. The second-order valence-electron chi connectivity index (χ2n) is 5.35. The van der Waals surface area contributed by atoms with Crippen molar-refractivity contribution in [1.82, 2.24) is 10.3 Å². The predicted octanol–water partition coefficient (Wildman–Crippen LogP) is 4.72. The summed E-state index contributed by atoms with van der Waals surface area (Å²) in [6.45, 7) is 11.9. The van der Waals surface area contributed by atoms with E-state index in [0.717, 1.165) is 19.4 Å². The van der Waals surface area contributed by atoms with Crippen LogP contribution in [0.5, 0.6) is 0 Å². The molecule has 2 aromatic rings. The molecule has 2 heterocycles. The number of rotatable bonds is 6. The summed E-state index contributed by atoms with van der Waals surface area (Å²) in [7, 11) is 0. The Balaban J connectivity index is 2.18. The van der Waals surface area contributed by atoms with Crippen LogP contribution in [-0.2, 0) is 6.42 Å². The summed E-state index contributed by atoms with van der Waals surface area (Å²) in [5.41, 5.74) is 2.58. The Morgan fingerprint density at radius 2 is 1.90 bits per heavy atom. The summed E-state index contributed by atoms with van der Waals surface area (Å²) >= 11 is 3.75. The largest absolute Gasteiger partial charge is 0.309 e. The van der Waals surface area contributed by atoms with Gasteiger partial charge in [-0.05, 0) is 52.3 Å². The monoisotopic (exact) mass is 308 g/mol. The van der Waals surface area contributed by atoms with Gasteiger partial charge in [0.15, 0.2) is 0 Å². The van der Waals surface area contributed by atoms with Gasteiger partial charge in [0.2, 0.25) is 0 Å². The first-order valence-corrected chi connectivity index (χ1v) is 8.87. The molecule has 110 valence electrons. The molecule has 1 atom stereocenters. The van der Waals surface area contributed by atoms with Crippen molar-refractivity contribution in [3.8, 4) is 0 Å². The van der Waals surface area contributed by atoms with Crippen LogP contribution in [0.1, 0.15) is 50.3 Å². The normalized spacial score (nSPS) is 12.8. The maximum absolute atomic E-state index is 4.70.